The quantitative estimate of drug-likeness (QED) is 0.383. The fourth-order valence-electron chi connectivity index (χ4n) is 5.45. The van der Waals surface area contributed by atoms with Gasteiger partial charge < -0.3 is 14.8 Å². The molecular weight excluding hydrogens is 464 g/mol. The van der Waals surface area contributed by atoms with Crippen LogP contribution in [0.2, 0.25) is 0 Å². The summed E-state index contributed by atoms with van der Waals surface area (Å²) in [6, 6.07) is 6.25. The summed E-state index contributed by atoms with van der Waals surface area (Å²) in [6.07, 6.45) is 10.2. The largest absolute Gasteiger partial charge is 0.366 e. The van der Waals surface area contributed by atoms with E-state index in [2.05, 4.69) is 53.0 Å². The third-order valence-electron chi connectivity index (χ3n) is 7.55. The first kappa shape index (κ1) is 22.3. The number of hydrogen-bond acceptors (Lipinski definition) is 8. The fourth-order valence-corrected chi connectivity index (χ4v) is 5.45. The Morgan fingerprint density at radius 2 is 1.68 bits per heavy atom. The third-order valence-corrected chi connectivity index (χ3v) is 7.55. The lowest BCUT2D eigenvalue weighted by Gasteiger charge is -2.33. The van der Waals surface area contributed by atoms with Crippen LogP contribution in [0.5, 0.6) is 0 Å². The number of hydrogen-bond donors (Lipinski definition) is 2. The Hall–Kier alpha value is -3.89. The third kappa shape index (κ3) is 4.21. The van der Waals surface area contributed by atoms with Gasteiger partial charge in [-0.25, -0.2) is 9.97 Å². The molecule has 0 aliphatic carbocycles. The van der Waals surface area contributed by atoms with Crippen molar-refractivity contribution in [3.05, 3.63) is 48.5 Å². The standard InChI is InChI=1S/C27H30N10/c1-35-8-10-37(11-9-35)23-16-29-15-22-24(23)32-27(31-22)26-25-21(33-34-26)5-4-20(30-25)19-12-18(13-28-14-19)17-36-6-2-3-7-36/h4-5,12-16H,2-3,6-11,17H2,1H3,(H,31,32)(H,33,34). The van der Waals surface area contributed by atoms with E-state index in [1.807, 2.05) is 36.9 Å². The number of H-pyrrole nitrogens is 2. The molecule has 10 nitrogen and oxygen atoms in total. The van der Waals surface area contributed by atoms with Crippen LogP contribution in [0.25, 0.3) is 44.8 Å². The normalized spacial score (nSPS) is 17.4. The van der Waals surface area contributed by atoms with Gasteiger partial charge in [-0.15, -0.1) is 0 Å². The number of likely N-dealkylation sites (N-methyl/N-ethyl adjacent to an activating group) is 1. The molecule has 7 rings (SSSR count). The van der Waals surface area contributed by atoms with Gasteiger partial charge in [0.2, 0.25) is 0 Å². The Bertz CT molecular complexity index is 1560. The monoisotopic (exact) mass is 494 g/mol. The molecule has 7 heterocycles. The maximum atomic E-state index is 5.01. The number of rotatable bonds is 5. The van der Waals surface area contributed by atoms with E-state index in [0.29, 0.717) is 11.5 Å². The lowest BCUT2D eigenvalue weighted by molar-refractivity contribution is 0.313. The number of likely N-dealkylation sites (tertiary alicyclic amines) is 1. The molecule has 10 heteroatoms. The van der Waals surface area contributed by atoms with E-state index < -0.39 is 0 Å². The Morgan fingerprint density at radius 1 is 0.838 bits per heavy atom. The minimum atomic E-state index is 0.690. The summed E-state index contributed by atoms with van der Waals surface area (Å²) in [5.74, 6) is 0.690. The fraction of sp³-hybridized carbons (Fsp3) is 0.370. The van der Waals surface area contributed by atoms with Gasteiger partial charge in [-0.1, -0.05) is 0 Å². The maximum Gasteiger partial charge on any atom is 0.161 e. The SMILES string of the molecule is CN1CCN(c2cncc3[nH]c(-c4n[nH]c5ccc(-c6cncc(CN7CCCC7)c6)nc45)nc23)CC1. The summed E-state index contributed by atoms with van der Waals surface area (Å²) in [5.41, 5.74) is 8.35. The van der Waals surface area contributed by atoms with Gasteiger partial charge in [0.1, 0.15) is 11.0 Å². The lowest BCUT2D eigenvalue weighted by Crippen LogP contribution is -2.44. The van der Waals surface area contributed by atoms with Gasteiger partial charge in [-0.05, 0) is 56.7 Å². The molecule has 5 aromatic rings. The summed E-state index contributed by atoms with van der Waals surface area (Å²) in [7, 11) is 2.16. The van der Waals surface area contributed by atoms with Gasteiger partial charge in [0, 0.05) is 50.7 Å². The average Bonchev–Trinajstić information content (AvgIpc) is 3.68. The van der Waals surface area contributed by atoms with Crippen LogP contribution in [0.15, 0.2) is 43.0 Å². The van der Waals surface area contributed by atoms with E-state index in [-0.39, 0.29) is 0 Å². The number of fused-ring (bicyclic) bond motifs is 2. The molecule has 0 unspecified atom stereocenters. The highest BCUT2D eigenvalue weighted by molar-refractivity contribution is 5.94. The summed E-state index contributed by atoms with van der Waals surface area (Å²) >= 11 is 0. The molecule has 2 aliphatic rings. The van der Waals surface area contributed by atoms with Crippen LogP contribution in [0.1, 0.15) is 18.4 Å². The highest BCUT2D eigenvalue weighted by Crippen LogP contribution is 2.31. The number of nitrogens with one attached hydrogen (secondary N) is 2. The molecule has 0 aromatic carbocycles. The van der Waals surface area contributed by atoms with Crippen molar-refractivity contribution in [3.8, 4) is 22.8 Å². The van der Waals surface area contributed by atoms with Gasteiger partial charge in [0.05, 0.1) is 34.8 Å². The highest BCUT2D eigenvalue weighted by Gasteiger charge is 2.21. The number of aromatic amines is 2. The molecule has 0 spiro atoms. The maximum absolute atomic E-state index is 5.01. The molecule has 0 radical (unpaired) electrons. The van der Waals surface area contributed by atoms with Crippen LogP contribution in [-0.4, -0.2) is 91.2 Å². The number of pyridine rings is 3. The molecule has 0 atom stereocenters. The summed E-state index contributed by atoms with van der Waals surface area (Å²) in [5, 5.41) is 7.72. The molecule has 2 fully saturated rings. The predicted molar refractivity (Wildman–Crippen MR) is 144 cm³/mol. The summed E-state index contributed by atoms with van der Waals surface area (Å²) in [4.78, 5) is 29.6. The molecule has 0 amide bonds. The van der Waals surface area contributed by atoms with Gasteiger partial charge in [-0.2, -0.15) is 5.10 Å². The van der Waals surface area contributed by atoms with Crippen molar-refractivity contribution in [3.63, 3.8) is 0 Å². The zero-order chi connectivity index (χ0) is 24.8. The second kappa shape index (κ2) is 9.20. The number of anilines is 1. The second-order valence-corrected chi connectivity index (χ2v) is 10.2. The smallest absolute Gasteiger partial charge is 0.161 e. The molecule has 2 aliphatic heterocycles. The van der Waals surface area contributed by atoms with Crippen molar-refractivity contribution in [2.75, 3.05) is 51.2 Å². The van der Waals surface area contributed by atoms with E-state index in [4.69, 9.17) is 9.97 Å². The lowest BCUT2D eigenvalue weighted by atomic mass is 10.1. The highest BCUT2D eigenvalue weighted by atomic mass is 15.3. The second-order valence-electron chi connectivity index (χ2n) is 10.2. The van der Waals surface area contributed by atoms with Crippen LogP contribution in [0.4, 0.5) is 5.69 Å². The molecule has 188 valence electrons. The summed E-state index contributed by atoms with van der Waals surface area (Å²) in [6.45, 7) is 7.23. The predicted octanol–water partition coefficient (Wildman–Crippen LogP) is 3.31. The number of nitrogens with zero attached hydrogens (tertiary/aromatic N) is 8. The van der Waals surface area contributed by atoms with E-state index in [0.717, 1.165) is 84.8 Å². The Morgan fingerprint density at radius 3 is 2.54 bits per heavy atom. The van der Waals surface area contributed by atoms with Crippen molar-refractivity contribution >= 4 is 27.8 Å². The van der Waals surface area contributed by atoms with Crippen molar-refractivity contribution in [2.45, 2.75) is 19.4 Å². The van der Waals surface area contributed by atoms with Gasteiger partial charge in [0.15, 0.2) is 11.5 Å². The Balaban J connectivity index is 1.24. The van der Waals surface area contributed by atoms with Gasteiger partial charge in [-0.3, -0.25) is 20.0 Å². The Kier molecular flexibility index (Phi) is 5.55. The first-order valence-corrected chi connectivity index (χ1v) is 13.0. The van der Waals surface area contributed by atoms with Crippen LogP contribution in [0.3, 0.4) is 0 Å². The van der Waals surface area contributed by atoms with Crippen molar-refractivity contribution in [1.29, 1.82) is 0 Å². The van der Waals surface area contributed by atoms with E-state index in [9.17, 15) is 0 Å². The first-order chi connectivity index (χ1) is 18.2. The zero-order valence-corrected chi connectivity index (χ0v) is 21.0. The molecule has 2 saturated heterocycles. The van der Waals surface area contributed by atoms with Crippen molar-refractivity contribution < 1.29 is 0 Å². The topological polar surface area (TPSA) is 106 Å². The molecule has 5 aromatic heterocycles. The Labute approximate surface area is 214 Å². The first-order valence-electron chi connectivity index (χ1n) is 13.0. The van der Waals surface area contributed by atoms with Crippen LogP contribution >= 0.6 is 0 Å². The average molecular weight is 495 g/mol. The minimum absolute atomic E-state index is 0.690. The number of piperazine rings is 1. The van der Waals surface area contributed by atoms with Crippen molar-refractivity contribution in [2.24, 2.45) is 0 Å². The molecule has 37 heavy (non-hydrogen) atoms. The number of imidazole rings is 1. The van der Waals surface area contributed by atoms with Crippen molar-refractivity contribution in [1.82, 2.24) is 44.9 Å². The van der Waals surface area contributed by atoms with Gasteiger partial charge >= 0.3 is 0 Å². The molecule has 0 saturated carbocycles. The van der Waals surface area contributed by atoms with Gasteiger partial charge in [0.25, 0.3) is 0 Å². The zero-order valence-electron chi connectivity index (χ0n) is 21.0. The molecule has 0 bridgehead atoms. The summed E-state index contributed by atoms with van der Waals surface area (Å²) < 4.78 is 0. The van der Waals surface area contributed by atoms with Crippen LogP contribution < -0.4 is 4.90 Å². The van der Waals surface area contributed by atoms with Crippen LogP contribution in [-0.2, 0) is 6.54 Å². The molecule has 2 N–H and O–H groups in total. The van der Waals surface area contributed by atoms with E-state index >= 15 is 0 Å². The number of aromatic nitrogens is 7. The molecular formula is C27H30N10. The van der Waals surface area contributed by atoms with E-state index in [1.165, 1.54) is 18.4 Å². The van der Waals surface area contributed by atoms with Crippen LogP contribution in [0, 0.1) is 0 Å². The minimum Gasteiger partial charge on any atom is -0.366 e. The van der Waals surface area contributed by atoms with E-state index in [1.54, 1.807) is 0 Å².